The van der Waals surface area contributed by atoms with Crippen LogP contribution in [0.15, 0.2) is 4.52 Å². The van der Waals surface area contributed by atoms with Gasteiger partial charge in [-0.2, -0.15) is 11.8 Å². The largest absolute Gasteiger partial charge is 0.361 e. The molecule has 0 saturated carbocycles. The highest BCUT2D eigenvalue weighted by molar-refractivity contribution is 7.98. The van der Waals surface area contributed by atoms with Crippen molar-refractivity contribution in [3.05, 3.63) is 17.0 Å². The first-order valence-corrected chi connectivity index (χ1v) is 8.67. The average Bonchev–Trinajstić information content (AvgIpc) is 2.84. The minimum atomic E-state index is 0.315. The van der Waals surface area contributed by atoms with Crippen LogP contribution in [0, 0.1) is 6.92 Å². The fourth-order valence-electron chi connectivity index (χ4n) is 2.53. The lowest BCUT2D eigenvalue weighted by Crippen LogP contribution is -2.35. The molecule has 0 aromatic carbocycles. The molecule has 4 nitrogen and oxygen atoms in total. The molecular formula is C15H24N2O2S. The number of thioether (sulfide) groups is 1. The number of amides is 1. The number of hydrogen-bond donors (Lipinski definition) is 0. The standard InChI is InChI=1S/C15H24N2O2S/c1-3-14-13(12(2)19-16-14)11-20-10-7-15(18)17-8-5-4-6-9-17/h3-11H2,1-2H3. The van der Waals surface area contributed by atoms with E-state index < -0.39 is 0 Å². The molecule has 1 aromatic heterocycles. The Hall–Kier alpha value is -0.970. The summed E-state index contributed by atoms with van der Waals surface area (Å²) >= 11 is 1.80. The van der Waals surface area contributed by atoms with Crippen molar-refractivity contribution in [3.63, 3.8) is 0 Å². The van der Waals surface area contributed by atoms with Gasteiger partial charge in [-0.3, -0.25) is 4.79 Å². The third-order valence-corrected chi connectivity index (χ3v) is 4.80. The minimum absolute atomic E-state index is 0.315. The number of hydrogen-bond acceptors (Lipinski definition) is 4. The minimum Gasteiger partial charge on any atom is -0.361 e. The van der Waals surface area contributed by atoms with E-state index in [1.165, 1.54) is 24.8 Å². The molecular weight excluding hydrogens is 272 g/mol. The van der Waals surface area contributed by atoms with Crippen molar-refractivity contribution < 1.29 is 9.32 Å². The molecule has 20 heavy (non-hydrogen) atoms. The molecule has 1 aromatic rings. The number of aryl methyl sites for hydroxylation is 2. The molecule has 1 fully saturated rings. The highest BCUT2D eigenvalue weighted by atomic mass is 32.2. The van der Waals surface area contributed by atoms with Crippen molar-refractivity contribution in [1.29, 1.82) is 0 Å². The second kappa shape index (κ2) is 7.72. The molecule has 1 amide bonds. The first-order valence-electron chi connectivity index (χ1n) is 7.52. The lowest BCUT2D eigenvalue weighted by atomic mass is 10.1. The van der Waals surface area contributed by atoms with Gasteiger partial charge in [0.05, 0.1) is 5.69 Å². The normalized spacial score (nSPS) is 15.6. The van der Waals surface area contributed by atoms with E-state index in [-0.39, 0.29) is 0 Å². The van der Waals surface area contributed by atoms with E-state index in [0.29, 0.717) is 12.3 Å². The fourth-order valence-corrected chi connectivity index (χ4v) is 3.57. The summed E-state index contributed by atoms with van der Waals surface area (Å²) in [7, 11) is 0. The van der Waals surface area contributed by atoms with Crippen LogP contribution >= 0.6 is 11.8 Å². The van der Waals surface area contributed by atoms with Gasteiger partial charge in [-0.05, 0) is 32.6 Å². The Morgan fingerprint density at radius 1 is 1.35 bits per heavy atom. The molecule has 2 heterocycles. The molecule has 112 valence electrons. The van der Waals surface area contributed by atoms with Crippen LogP contribution in [0.4, 0.5) is 0 Å². The van der Waals surface area contributed by atoms with Crippen LogP contribution in [-0.4, -0.2) is 34.8 Å². The van der Waals surface area contributed by atoms with Crippen molar-refractivity contribution in [2.24, 2.45) is 0 Å². The zero-order valence-electron chi connectivity index (χ0n) is 12.5. The second-order valence-corrected chi connectivity index (χ2v) is 6.37. The molecule has 0 bridgehead atoms. The van der Waals surface area contributed by atoms with Gasteiger partial charge < -0.3 is 9.42 Å². The SMILES string of the molecule is CCc1noc(C)c1CSCCC(=O)N1CCCCC1. The Bertz CT molecular complexity index is 439. The van der Waals surface area contributed by atoms with Crippen molar-refractivity contribution >= 4 is 17.7 Å². The Morgan fingerprint density at radius 3 is 2.80 bits per heavy atom. The summed E-state index contributed by atoms with van der Waals surface area (Å²) in [5.41, 5.74) is 2.26. The molecule has 0 N–H and O–H groups in total. The summed E-state index contributed by atoms with van der Waals surface area (Å²) in [6.07, 6.45) is 5.15. The summed E-state index contributed by atoms with van der Waals surface area (Å²) in [4.78, 5) is 14.1. The average molecular weight is 296 g/mol. The van der Waals surface area contributed by atoms with Crippen molar-refractivity contribution in [1.82, 2.24) is 10.1 Å². The number of rotatable bonds is 6. The lowest BCUT2D eigenvalue weighted by molar-refractivity contribution is -0.131. The van der Waals surface area contributed by atoms with E-state index in [0.717, 1.165) is 42.5 Å². The molecule has 1 saturated heterocycles. The number of piperidine rings is 1. The zero-order chi connectivity index (χ0) is 14.4. The van der Waals surface area contributed by atoms with Crippen LogP contribution in [-0.2, 0) is 17.0 Å². The Morgan fingerprint density at radius 2 is 2.10 bits per heavy atom. The zero-order valence-corrected chi connectivity index (χ0v) is 13.3. The maximum Gasteiger partial charge on any atom is 0.223 e. The van der Waals surface area contributed by atoms with Crippen molar-refractivity contribution in [2.75, 3.05) is 18.8 Å². The molecule has 1 aliphatic heterocycles. The third kappa shape index (κ3) is 4.01. The molecule has 2 rings (SSSR count). The van der Waals surface area contributed by atoms with E-state index in [4.69, 9.17) is 4.52 Å². The maximum atomic E-state index is 12.0. The summed E-state index contributed by atoms with van der Waals surface area (Å²) in [6, 6.07) is 0. The van der Waals surface area contributed by atoms with Gasteiger partial charge in [-0.15, -0.1) is 0 Å². The van der Waals surface area contributed by atoms with E-state index in [2.05, 4.69) is 12.1 Å². The highest BCUT2D eigenvalue weighted by Crippen LogP contribution is 2.21. The predicted octanol–water partition coefficient (Wildman–Crippen LogP) is 3.18. The van der Waals surface area contributed by atoms with Gasteiger partial charge in [-0.25, -0.2) is 0 Å². The summed E-state index contributed by atoms with van der Waals surface area (Å²) in [6.45, 7) is 5.95. The Labute approximate surface area is 125 Å². The van der Waals surface area contributed by atoms with Gasteiger partial charge in [0.15, 0.2) is 0 Å². The third-order valence-electron chi connectivity index (χ3n) is 3.82. The predicted molar refractivity (Wildman–Crippen MR) is 81.8 cm³/mol. The van der Waals surface area contributed by atoms with E-state index in [1.807, 2.05) is 11.8 Å². The van der Waals surface area contributed by atoms with Crippen LogP contribution < -0.4 is 0 Å². The van der Waals surface area contributed by atoms with E-state index in [1.54, 1.807) is 11.8 Å². The van der Waals surface area contributed by atoms with E-state index in [9.17, 15) is 4.79 Å². The topological polar surface area (TPSA) is 46.3 Å². The number of likely N-dealkylation sites (tertiary alicyclic amines) is 1. The smallest absolute Gasteiger partial charge is 0.223 e. The quantitative estimate of drug-likeness (QED) is 0.756. The first-order chi connectivity index (χ1) is 9.72. The van der Waals surface area contributed by atoms with Crippen LogP contribution in [0.25, 0.3) is 0 Å². The molecule has 0 aliphatic carbocycles. The van der Waals surface area contributed by atoms with Crippen molar-refractivity contribution in [2.45, 2.75) is 51.7 Å². The fraction of sp³-hybridized carbons (Fsp3) is 0.733. The van der Waals surface area contributed by atoms with Gasteiger partial charge >= 0.3 is 0 Å². The molecule has 1 aliphatic rings. The van der Waals surface area contributed by atoms with Crippen LogP contribution in [0.3, 0.4) is 0 Å². The summed E-state index contributed by atoms with van der Waals surface area (Å²) in [5.74, 6) is 3.00. The van der Waals surface area contributed by atoms with Crippen molar-refractivity contribution in [3.8, 4) is 0 Å². The second-order valence-electron chi connectivity index (χ2n) is 5.26. The molecule has 5 heteroatoms. The van der Waals surface area contributed by atoms with Crippen LogP contribution in [0.2, 0.25) is 0 Å². The van der Waals surface area contributed by atoms with Crippen LogP contribution in [0.1, 0.15) is 49.6 Å². The van der Waals surface area contributed by atoms with Gasteiger partial charge in [0.2, 0.25) is 5.91 Å². The monoisotopic (exact) mass is 296 g/mol. The van der Waals surface area contributed by atoms with Crippen LogP contribution in [0.5, 0.6) is 0 Å². The molecule has 0 unspecified atom stereocenters. The van der Waals surface area contributed by atoms with Gasteiger partial charge in [0, 0.05) is 36.6 Å². The highest BCUT2D eigenvalue weighted by Gasteiger charge is 2.16. The maximum absolute atomic E-state index is 12.0. The number of aromatic nitrogens is 1. The number of nitrogens with zero attached hydrogens (tertiary/aromatic N) is 2. The molecule has 0 spiro atoms. The number of carbonyl (C=O) groups excluding carboxylic acids is 1. The number of carbonyl (C=O) groups is 1. The molecule has 0 radical (unpaired) electrons. The summed E-state index contributed by atoms with van der Waals surface area (Å²) < 4.78 is 5.22. The lowest BCUT2D eigenvalue weighted by Gasteiger charge is -2.26. The first kappa shape index (κ1) is 15.4. The van der Waals surface area contributed by atoms with Gasteiger partial charge in [0.1, 0.15) is 5.76 Å². The van der Waals surface area contributed by atoms with Gasteiger partial charge in [0.25, 0.3) is 0 Å². The Balaban J connectivity index is 1.70. The van der Waals surface area contributed by atoms with E-state index >= 15 is 0 Å². The molecule has 0 atom stereocenters. The van der Waals surface area contributed by atoms with Gasteiger partial charge in [-0.1, -0.05) is 12.1 Å². The summed E-state index contributed by atoms with van der Waals surface area (Å²) in [5, 5.41) is 4.06. The Kier molecular flexibility index (Phi) is 5.95.